The maximum absolute atomic E-state index is 5.18. The first-order valence-corrected chi connectivity index (χ1v) is 4.58. The van der Waals surface area contributed by atoms with Crippen LogP contribution in [0.25, 0.3) is 11.6 Å². The molecule has 2 aromatic rings. The number of hydrogen-bond donors (Lipinski definition) is 0. The Bertz CT molecular complexity index is 370. The van der Waals surface area contributed by atoms with Crippen molar-refractivity contribution in [1.82, 2.24) is 15.2 Å². The van der Waals surface area contributed by atoms with Crippen molar-refractivity contribution in [2.45, 2.75) is 20.8 Å². The Morgan fingerprint density at radius 3 is 2.43 bits per heavy atom. The summed E-state index contributed by atoms with van der Waals surface area (Å²) in [5.41, 5.74) is 0.707. The van der Waals surface area contributed by atoms with Crippen molar-refractivity contribution in [3.05, 3.63) is 30.3 Å². The molecule has 0 aliphatic heterocycles. The second-order valence-electron chi connectivity index (χ2n) is 2.34. The smallest absolute Gasteiger partial charge is 0.266 e. The van der Waals surface area contributed by atoms with Gasteiger partial charge in [-0.05, 0) is 12.1 Å². The first kappa shape index (κ1) is 10.4. The van der Waals surface area contributed by atoms with Crippen molar-refractivity contribution in [2.75, 3.05) is 0 Å². The first-order valence-electron chi connectivity index (χ1n) is 4.58. The summed E-state index contributed by atoms with van der Waals surface area (Å²) >= 11 is 0. The van der Waals surface area contributed by atoms with Crippen LogP contribution in [0.4, 0.5) is 0 Å². The SMILES string of the molecule is CC.Cc1nnc(-c2ccccn2)o1. The van der Waals surface area contributed by atoms with E-state index in [1.165, 1.54) is 0 Å². The number of aromatic nitrogens is 3. The molecule has 14 heavy (non-hydrogen) atoms. The predicted molar refractivity (Wildman–Crippen MR) is 53.6 cm³/mol. The Balaban J connectivity index is 0.000000461. The molecule has 0 radical (unpaired) electrons. The summed E-state index contributed by atoms with van der Waals surface area (Å²) in [5, 5.41) is 7.54. The lowest BCUT2D eigenvalue weighted by atomic mass is 10.3. The fourth-order valence-corrected chi connectivity index (χ4v) is 0.889. The van der Waals surface area contributed by atoms with Crippen molar-refractivity contribution in [1.29, 1.82) is 0 Å². The topological polar surface area (TPSA) is 51.8 Å². The van der Waals surface area contributed by atoms with Crippen LogP contribution in [0, 0.1) is 6.92 Å². The molecule has 0 spiro atoms. The molecule has 4 heteroatoms. The number of hydrogen-bond acceptors (Lipinski definition) is 4. The second kappa shape index (κ2) is 5.11. The van der Waals surface area contributed by atoms with Gasteiger partial charge in [0.25, 0.3) is 5.89 Å². The van der Waals surface area contributed by atoms with E-state index in [0.29, 0.717) is 17.5 Å². The minimum atomic E-state index is 0.466. The molecule has 0 bridgehead atoms. The van der Waals surface area contributed by atoms with Gasteiger partial charge in [0.05, 0.1) is 0 Å². The summed E-state index contributed by atoms with van der Waals surface area (Å²) < 4.78 is 5.18. The van der Waals surface area contributed by atoms with E-state index in [4.69, 9.17) is 4.42 Å². The van der Waals surface area contributed by atoms with Gasteiger partial charge in [-0.3, -0.25) is 4.98 Å². The summed E-state index contributed by atoms with van der Waals surface area (Å²) in [7, 11) is 0. The lowest BCUT2D eigenvalue weighted by molar-refractivity contribution is 0.531. The molecular formula is C10H13N3O. The van der Waals surface area contributed by atoms with Gasteiger partial charge in [0.1, 0.15) is 5.69 Å². The normalized spacial score (nSPS) is 9.07. The third-order valence-electron chi connectivity index (χ3n) is 1.41. The Labute approximate surface area is 83.0 Å². The quantitative estimate of drug-likeness (QED) is 0.694. The van der Waals surface area contributed by atoms with Crippen molar-refractivity contribution in [3.63, 3.8) is 0 Å². The lowest BCUT2D eigenvalue weighted by Crippen LogP contribution is -1.80. The van der Waals surface area contributed by atoms with Gasteiger partial charge in [-0.15, -0.1) is 10.2 Å². The van der Waals surface area contributed by atoms with Crippen LogP contribution in [0.15, 0.2) is 28.8 Å². The molecule has 2 rings (SSSR count). The molecule has 0 N–H and O–H groups in total. The molecule has 2 aromatic heterocycles. The molecule has 0 saturated heterocycles. The molecule has 74 valence electrons. The maximum atomic E-state index is 5.18. The molecule has 4 nitrogen and oxygen atoms in total. The van der Waals surface area contributed by atoms with Crippen LogP contribution in [-0.2, 0) is 0 Å². The highest BCUT2D eigenvalue weighted by atomic mass is 16.4. The first-order chi connectivity index (χ1) is 6.86. The van der Waals surface area contributed by atoms with Gasteiger partial charge in [0.2, 0.25) is 5.89 Å². The molecular weight excluding hydrogens is 178 g/mol. The standard InChI is InChI=1S/C8H7N3O.C2H6/c1-6-10-11-8(12-6)7-4-2-3-5-9-7;1-2/h2-5H,1H3;1-2H3. The van der Waals surface area contributed by atoms with E-state index in [1.807, 2.05) is 32.0 Å². The van der Waals surface area contributed by atoms with E-state index < -0.39 is 0 Å². The molecule has 0 aromatic carbocycles. The van der Waals surface area contributed by atoms with Gasteiger partial charge >= 0.3 is 0 Å². The second-order valence-corrected chi connectivity index (χ2v) is 2.34. The van der Waals surface area contributed by atoms with Crippen LogP contribution < -0.4 is 0 Å². The highest BCUT2D eigenvalue weighted by molar-refractivity contribution is 5.44. The van der Waals surface area contributed by atoms with E-state index in [9.17, 15) is 0 Å². The third-order valence-corrected chi connectivity index (χ3v) is 1.41. The van der Waals surface area contributed by atoms with Crippen molar-refractivity contribution in [2.24, 2.45) is 0 Å². The Morgan fingerprint density at radius 2 is 1.93 bits per heavy atom. The monoisotopic (exact) mass is 191 g/mol. The predicted octanol–water partition coefficient (Wildman–Crippen LogP) is 2.47. The van der Waals surface area contributed by atoms with Gasteiger partial charge < -0.3 is 4.42 Å². The summed E-state index contributed by atoms with van der Waals surface area (Å²) in [6.45, 7) is 5.75. The number of aryl methyl sites for hydroxylation is 1. The maximum Gasteiger partial charge on any atom is 0.266 e. The highest BCUT2D eigenvalue weighted by Crippen LogP contribution is 2.12. The van der Waals surface area contributed by atoms with Crippen molar-refractivity contribution < 1.29 is 4.42 Å². The van der Waals surface area contributed by atoms with Gasteiger partial charge in [-0.2, -0.15) is 0 Å². The van der Waals surface area contributed by atoms with Crippen LogP contribution in [0.1, 0.15) is 19.7 Å². The molecule has 0 aliphatic rings. The summed E-state index contributed by atoms with van der Waals surface area (Å²) in [6.07, 6.45) is 1.69. The van der Waals surface area contributed by atoms with Gasteiger partial charge in [-0.25, -0.2) is 0 Å². The van der Waals surface area contributed by atoms with Crippen LogP contribution in [0.3, 0.4) is 0 Å². The number of nitrogens with zero attached hydrogens (tertiary/aromatic N) is 3. The largest absolute Gasteiger partial charge is 0.420 e. The van der Waals surface area contributed by atoms with Crippen LogP contribution in [0.2, 0.25) is 0 Å². The average molecular weight is 191 g/mol. The zero-order chi connectivity index (χ0) is 10.4. The van der Waals surface area contributed by atoms with E-state index >= 15 is 0 Å². The van der Waals surface area contributed by atoms with E-state index in [2.05, 4.69) is 15.2 Å². The molecule has 0 atom stereocenters. The minimum absolute atomic E-state index is 0.466. The zero-order valence-electron chi connectivity index (χ0n) is 8.56. The van der Waals surface area contributed by atoms with Crippen molar-refractivity contribution >= 4 is 0 Å². The van der Waals surface area contributed by atoms with Crippen LogP contribution in [-0.4, -0.2) is 15.2 Å². The third kappa shape index (κ3) is 2.39. The van der Waals surface area contributed by atoms with Gasteiger partial charge in [0.15, 0.2) is 0 Å². The highest BCUT2D eigenvalue weighted by Gasteiger charge is 2.04. The van der Waals surface area contributed by atoms with E-state index in [-0.39, 0.29) is 0 Å². The minimum Gasteiger partial charge on any atom is -0.420 e. The fraction of sp³-hybridized carbons (Fsp3) is 0.300. The Hall–Kier alpha value is -1.71. The molecule has 0 aliphatic carbocycles. The number of rotatable bonds is 1. The molecule has 0 saturated carbocycles. The Kier molecular flexibility index (Phi) is 3.79. The summed E-state index contributed by atoms with van der Waals surface area (Å²) in [5.74, 6) is 1.02. The molecule has 2 heterocycles. The van der Waals surface area contributed by atoms with E-state index in [0.717, 1.165) is 0 Å². The average Bonchev–Trinajstić information content (AvgIpc) is 2.69. The molecule has 0 amide bonds. The van der Waals surface area contributed by atoms with Gasteiger partial charge in [0, 0.05) is 13.1 Å². The zero-order valence-corrected chi connectivity index (χ0v) is 8.56. The van der Waals surface area contributed by atoms with E-state index in [1.54, 1.807) is 13.1 Å². The van der Waals surface area contributed by atoms with Crippen LogP contribution in [0.5, 0.6) is 0 Å². The van der Waals surface area contributed by atoms with Crippen LogP contribution >= 0.6 is 0 Å². The summed E-state index contributed by atoms with van der Waals surface area (Å²) in [4.78, 5) is 4.07. The van der Waals surface area contributed by atoms with Gasteiger partial charge in [-0.1, -0.05) is 19.9 Å². The molecule has 0 unspecified atom stereocenters. The Morgan fingerprint density at radius 1 is 1.14 bits per heavy atom. The fourth-order valence-electron chi connectivity index (χ4n) is 0.889. The summed E-state index contributed by atoms with van der Waals surface area (Å²) in [6, 6.07) is 5.54. The molecule has 0 fully saturated rings. The lowest BCUT2D eigenvalue weighted by Gasteiger charge is -1.89. The van der Waals surface area contributed by atoms with Crippen molar-refractivity contribution in [3.8, 4) is 11.6 Å². The number of pyridine rings is 1.